The number of rotatable bonds is 4. The van der Waals surface area contributed by atoms with Crippen LogP contribution in [-0.4, -0.2) is 30.3 Å². The lowest BCUT2D eigenvalue weighted by molar-refractivity contribution is 0.102. The minimum Gasteiger partial charge on any atom is -0.445 e. The number of nitrogens with zero attached hydrogens (tertiary/aromatic N) is 1. The minimum atomic E-state index is -1.00. The summed E-state index contributed by atoms with van der Waals surface area (Å²) in [6, 6.07) is 19.3. The van der Waals surface area contributed by atoms with Crippen molar-refractivity contribution in [2.45, 2.75) is 19.2 Å². The van der Waals surface area contributed by atoms with Crippen LogP contribution in [0.25, 0.3) is 0 Å². The summed E-state index contributed by atoms with van der Waals surface area (Å²) in [4.78, 5) is 13.6. The molecular formula is C19H20FNO2. The van der Waals surface area contributed by atoms with Gasteiger partial charge in [-0.05, 0) is 17.5 Å². The summed E-state index contributed by atoms with van der Waals surface area (Å²) >= 11 is 0. The standard InChI is InChI=1S/C19H20FNO2/c20-18-13-21(12-17(18)11-15-7-3-1-4-8-15)19(22)23-14-16-9-5-2-6-10-16/h1-10,17-18H,11-14H2/t17-,18+/m0/s1. The number of halogens is 1. The van der Waals surface area contributed by atoms with Gasteiger partial charge in [-0.15, -0.1) is 0 Å². The maximum Gasteiger partial charge on any atom is 0.410 e. The molecule has 120 valence electrons. The van der Waals surface area contributed by atoms with Crippen LogP contribution in [0, 0.1) is 5.92 Å². The van der Waals surface area contributed by atoms with E-state index in [1.807, 2.05) is 60.7 Å². The summed E-state index contributed by atoms with van der Waals surface area (Å²) in [5.74, 6) is -0.165. The molecular weight excluding hydrogens is 293 g/mol. The van der Waals surface area contributed by atoms with Gasteiger partial charge in [0.15, 0.2) is 0 Å². The fraction of sp³-hybridized carbons (Fsp3) is 0.316. The number of alkyl halides is 1. The van der Waals surface area contributed by atoms with Gasteiger partial charge in [-0.25, -0.2) is 9.18 Å². The number of carbonyl (C=O) groups excluding carboxylic acids is 1. The van der Waals surface area contributed by atoms with Crippen LogP contribution in [0.5, 0.6) is 0 Å². The molecule has 0 spiro atoms. The van der Waals surface area contributed by atoms with Crippen LogP contribution in [0.15, 0.2) is 60.7 Å². The van der Waals surface area contributed by atoms with Crippen molar-refractivity contribution in [3.8, 4) is 0 Å². The van der Waals surface area contributed by atoms with E-state index in [0.717, 1.165) is 11.1 Å². The fourth-order valence-electron chi connectivity index (χ4n) is 2.90. The molecule has 2 aromatic carbocycles. The first-order valence-corrected chi connectivity index (χ1v) is 7.86. The Morgan fingerprint density at radius 3 is 2.26 bits per heavy atom. The van der Waals surface area contributed by atoms with Crippen molar-refractivity contribution < 1.29 is 13.9 Å². The zero-order valence-electron chi connectivity index (χ0n) is 12.9. The van der Waals surface area contributed by atoms with Gasteiger partial charge in [0.25, 0.3) is 0 Å². The Kier molecular flexibility index (Phi) is 4.91. The highest BCUT2D eigenvalue weighted by atomic mass is 19.1. The smallest absolute Gasteiger partial charge is 0.410 e. The van der Waals surface area contributed by atoms with Crippen molar-refractivity contribution in [2.75, 3.05) is 13.1 Å². The van der Waals surface area contributed by atoms with Crippen molar-refractivity contribution in [2.24, 2.45) is 5.92 Å². The zero-order valence-corrected chi connectivity index (χ0v) is 12.9. The molecule has 2 atom stereocenters. The summed E-state index contributed by atoms with van der Waals surface area (Å²) in [6.45, 7) is 0.741. The van der Waals surface area contributed by atoms with Gasteiger partial charge >= 0.3 is 6.09 Å². The largest absolute Gasteiger partial charge is 0.445 e. The van der Waals surface area contributed by atoms with Crippen LogP contribution in [-0.2, 0) is 17.8 Å². The molecule has 1 aliphatic heterocycles. The van der Waals surface area contributed by atoms with E-state index in [2.05, 4.69) is 0 Å². The fourth-order valence-corrected chi connectivity index (χ4v) is 2.90. The molecule has 1 saturated heterocycles. The lowest BCUT2D eigenvalue weighted by Gasteiger charge is -2.16. The van der Waals surface area contributed by atoms with Crippen LogP contribution in [0.3, 0.4) is 0 Å². The van der Waals surface area contributed by atoms with E-state index in [-0.39, 0.29) is 19.1 Å². The molecule has 2 aromatic rings. The lowest BCUT2D eigenvalue weighted by Crippen LogP contribution is -2.29. The van der Waals surface area contributed by atoms with Gasteiger partial charge in [-0.2, -0.15) is 0 Å². The van der Waals surface area contributed by atoms with Crippen molar-refractivity contribution in [1.29, 1.82) is 0 Å². The second kappa shape index (κ2) is 7.27. The summed E-state index contributed by atoms with van der Waals surface area (Å²) in [6.07, 6.45) is -0.795. The molecule has 0 aliphatic carbocycles. The van der Waals surface area contributed by atoms with Crippen LogP contribution in [0.1, 0.15) is 11.1 Å². The van der Waals surface area contributed by atoms with Gasteiger partial charge < -0.3 is 9.64 Å². The molecule has 1 amide bonds. The van der Waals surface area contributed by atoms with Gasteiger partial charge in [-0.3, -0.25) is 0 Å². The molecule has 1 aliphatic rings. The molecule has 0 radical (unpaired) electrons. The minimum absolute atomic E-state index is 0.116. The van der Waals surface area contributed by atoms with E-state index in [9.17, 15) is 9.18 Å². The normalized spacial score (nSPS) is 20.5. The summed E-state index contributed by atoms with van der Waals surface area (Å²) in [5, 5.41) is 0. The Labute approximate surface area is 135 Å². The Bertz CT molecular complexity index is 632. The van der Waals surface area contributed by atoms with Gasteiger partial charge in [0.05, 0.1) is 6.54 Å². The zero-order chi connectivity index (χ0) is 16.1. The molecule has 1 fully saturated rings. The average molecular weight is 313 g/mol. The highest BCUT2D eigenvalue weighted by Crippen LogP contribution is 2.24. The average Bonchev–Trinajstić information content (AvgIpc) is 2.95. The Hall–Kier alpha value is -2.36. The molecule has 4 heteroatoms. The maximum atomic E-state index is 14.2. The van der Waals surface area contributed by atoms with Crippen molar-refractivity contribution in [1.82, 2.24) is 4.90 Å². The third kappa shape index (κ3) is 4.09. The predicted molar refractivity (Wildman–Crippen MR) is 86.7 cm³/mol. The van der Waals surface area contributed by atoms with Gasteiger partial charge in [0.1, 0.15) is 12.8 Å². The molecule has 0 bridgehead atoms. The molecule has 0 saturated carbocycles. The predicted octanol–water partition coefficient (Wildman–Crippen LogP) is 3.84. The van der Waals surface area contributed by atoms with Gasteiger partial charge in [0, 0.05) is 12.5 Å². The summed E-state index contributed by atoms with van der Waals surface area (Å²) in [5.41, 5.74) is 2.03. The van der Waals surface area contributed by atoms with E-state index >= 15 is 0 Å². The van der Waals surface area contributed by atoms with E-state index < -0.39 is 12.3 Å². The first-order valence-electron chi connectivity index (χ1n) is 7.86. The number of hydrogen-bond acceptors (Lipinski definition) is 2. The highest BCUT2D eigenvalue weighted by Gasteiger charge is 2.36. The molecule has 0 N–H and O–H groups in total. The SMILES string of the molecule is O=C(OCc1ccccc1)N1C[C@H](Cc2ccccc2)[C@H](F)C1. The van der Waals surface area contributed by atoms with E-state index in [4.69, 9.17) is 4.74 Å². The second-order valence-corrected chi connectivity index (χ2v) is 5.91. The monoisotopic (exact) mass is 313 g/mol. The van der Waals surface area contributed by atoms with E-state index in [1.165, 1.54) is 4.90 Å². The molecule has 3 rings (SSSR count). The van der Waals surface area contributed by atoms with E-state index in [0.29, 0.717) is 13.0 Å². The highest BCUT2D eigenvalue weighted by molar-refractivity contribution is 5.68. The number of likely N-dealkylation sites (tertiary alicyclic amines) is 1. The van der Waals surface area contributed by atoms with E-state index in [1.54, 1.807) is 0 Å². The number of hydrogen-bond donors (Lipinski definition) is 0. The Morgan fingerprint density at radius 1 is 1.00 bits per heavy atom. The molecule has 0 aromatic heterocycles. The number of benzene rings is 2. The summed E-state index contributed by atoms with van der Waals surface area (Å²) in [7, 11) is 0. The maximum absolute atomic E-state index is 14.2. The second-order valence-electron chi connectivity index (χ2n) is 5.91. The summed E-state index contributed by atoms with van der Waals surface area (Å²) < 4.78 is 19.5. The number of amides is 1. The van der Waals surface area contributed by atoms with Crippen molar-refractivity contribution >= 4 is 6.09 Å². The third-order valence-electron chi connectivity index (χ3n) is 4.17. The van der Waals surface area contributed by atoms with Crippen LogP contribution in [0.2, 0.25) is 0 Å². The first-order chi connectivity index (χ1) is 11.2. The molecule has 0 unspecified atom stereocenters. The van der Waals surface area contributed by atoms with Crippen LogP contribution >= 0.6 is 0 Å². The topological polar surface area (TPSA) is 29.5 Å². The lowest BCUT2D eigenvalue weighted by atomic mass is 9.97. The first kappa shape index (κ1) is 15.5. The van der Waals surface area contributed by atoms with Crippen LogP contribution in [0.4, 0.5) is 9.18 Å². The quantitative estimate of drug-likeness (QED) is 0.858. The number of ether oxygens (including phenoxy) is 1. The van der Waals surface area contributed by atoms with Crippen LogP contribution < -0.4 is 0 Å². The van der Waals surface area contributed by atoms with Crippen molar-refractivity contribution in [3.05, 3.63) is 71.8 Å². The molecule has 3 nitrogen and oxygen atoms in total. The Balaban J connectivity index is 1.52. The molecule has 23 heavy (non-hydrogen) atoms. The van der Waals surface area contributed by atoms with Gasteiger partial charge in [0.2, 0.25) is 0 Å². The molecule has 1 heterocycles. The van der Waals surface area contributed by atoms with Gasteiger partial charge in [-0.1, -0.05) is 60.7 Å². The third-order valence-corrected chi connectivity index (χ3v) is 4.17. The number of carbonyl (C=O) groups is 1. The van der Waals surface area contributed by atoms with Crippen molar-refractivity contribution in [3.63, 3.8) is 0 Å². The Morgan fingerprint density at radius 2 is 1.61 bits per heavy atom.